The zero-order valence-corrected chi connectivity index (χ0v) is 11.8. The first kappa shape index (κ1) is 13.3. The molecule has 0 aromatic heterocycles. The lowest BCUT2D eigenvalue weighted by atomic mass is 10.0. The molecule has 0 bridgehead atoms. The van der Waals surface area contributed by atoms with Gasteiger partial charge < -0.3 is 10.6 Å². The molecule has 1 aliphatic heterocycles. The van der Waals surface area contributed by atoms with E-state index >= 15 is 0 Å². The van der Waals surface area contributed by atoms with Gasteiger partial charge in [-0.05, 0) is 37.7 Å². The minimum Gasteiger partial charge on any atom is -0.356 e. The Kier molecular flexibility index (Phi) is 3.59. The second kappa shape index (κ2) is 4.85. The van der Waals surface area contributed by atoms with Crippen LogP contribution in [0.3, 0.4) is 0 Å². The van der Waals surface area contributed by atoms with Gasteiger partial charge in [0, 0.05) is 5.69 Å². The Labute approximate surface area is 113 Å². The van der Waals surface area contributed by atoms with Crippen LogP contribution in [0.5, 0.6) is 0 Å². The molecule has 4 nitrogen and oxygen atoms in total. The van der Waals surface area contributed by atoms with Gasteiger partial charge in [-0.3, -0.25) is 0 Å². The van der Waals surface area contributed by atoms with Crippen LogP contribution in [-0.2, 0) is 9.84 Å². The molecule has 6 heteroatoms. The van der Waals surface area contributed by atoms with Crippen LogP contribution < -0.4 is 10.6 Å². The number of rotatable bonds is 2. The Morgan fingerprint density at radius 3 is 2.56 bits per heavy atom. The summed E-state index contributed by atoms with van der Waals surface area (Å²) in [4.78, 5) is 0. The number of thiocarbonyl (C=S) groups is 1. The molecule has 0 saturated carbocycles. The smallest absolute Gasteiger partial charge is 0.171 e. The van der Waals surface area contributed by atoms with E-state index in [0.717, 1.165) is 5.69 Å². The molecular weight excluding hydrogens is 268 g/mol. The maximum absolute atomic E-state index is 11.5. The fourth-order valence-corrected chi connectivity index (χ4v) is 4.52. The van der Waals surface area contributed by atoms with Crippen LogP contribution in [0.1, 0.15) is 13.3 Å². The molecule has 98 valence electrons. The van der Waals surface area contributed by atoms with Crippen LogP contribution in [0, 0.1) is 0 Å². The van der Waals surface area contributed by atoms with E-state index in [0.29, 0.717) is 11.5 Å². The fraction of sp³-hybridized carbons (Fsp3) is 0.417. The SMILES string of the molecule is C[C@]1(NC(=S)Nc2ccccc2)CCS(=O)(=O)C1. The molecule has 2 rings (SSSR count). The van der Waals surface area contributed by atoms with Crippen molar-refractivity contribution in [3.05, 3.63) is 30.3 Å². The monoisotopic (exact) mass is 284 g/mol. The summed E-state index contributed by atoms with van der Waals surface area (Å²) in [7, 11) is -2.92. The normalized spacial score (nSPS) is 25.6. The van der Waals surface area contributed by atoms with Crippen LogP contribution >= 0.6 is 12.2 Å². The standard InChI is InChI=1S/C12H16N2O2S2/c1-12(7-8-18(15,16)9-12)14-11(17)13-10-5-3-2-4-6-10/h2-6H,7-9H2,1H3,(H2,13,14,17)/t12-/m0/s1. The van der Waals surface area contributed by atoms with Gasteiger partial charge in [-0.15, -0.1) is 0 Å². The van der Waals surface area contributed by atoms with E-state index < -0.39 is 15.4 Å². The first-order valence-corrected chi connectivity index (χ1v) is 7.96. The summed E-state index contributed by atoms with van der Waals surface area (Å²) in [5, 5.41) is 6.61. The molecule has 0 radical (unpaired) electrons. The van der Waals surface area contributed by atoms with Gasteiger partial charge in [-0.25, -0.2) is 8.42 Å². The van der Waals surface area contributed by atoms with Crippen LogP contribution in [-0.4, -0.2) is 30.6 Å². The first-order chi connectivity index (χ1) is 8.39. The van der Waals surface area contributed by atoms with Gasteiger partial charge >= 0.3 is 0 Å². The lowest BCUT2D eigenvalue weighted by Gasteiger charge is -2.25. The zero-order chi connectivity index (χ0) is 13.2. The van der Waals surface area contributed by atoms with Crippen molar-refractivity contribution >= 4 is 32.9 Å². The lowest BCUT2D eigenvalue weighted by Crippen LogP contribution is -2.48. The fourth-order valence-electron chi connectivity index (χ4n) is 2.07. The predicted molar refractivity (Wildman–Crippen MR) is 77.5 cm³/mol. The molecule has 18 heavy (non-hydrogen) atoms. The molecule has 2 N–H and O–H groups in total. The van der Waals surface area contributed by atoms with Crippen molar-refractivity contribution in [2.45, 2.75) is 18.9 Å². The number of hydrogen-bond acceptors (Lipinski definition) is 3. The van der Waals surface area contributed by atoms with E-state index in [2.05, 4.69) is 10.6 Å². The molecule has 1 aliphatic rings. The number of hydrogen-bond donors (Lipinski definition) is 2. The maximum atomic E-state index is 11.5. The number of anilines is 1. The van der Waals surface area contributed by atoms with Crippen molar-refractivity contribution in [3.8, 4) is 0 Å². The van der Waals surface area contributed by atoms with E-state index in [-0.39, 0.29) is 11.5 Å². The van der Waals surface area contributed by atoms with Crippen molar-refractivity contribution in [3.63, 3.8) is 0 Å². The highest BCUT2D eigenvalue weighted by Crippen LogP contribution is 2.22. The van der Waals surface area contributed by atoms with Crippen molar-refractivity contribution in [2.24, 2.45) is 0 Å². The van der Waals surface area contributed by atoms with E-state index in [1.54, 1.807) is 0 Å². The summed E-state index contributed by atoms with van der Waals surface area (Å²) in [5.41, 5.74) is 0.428. The molecule has 0 aliphatic carbocycles. The molecule has 1 heterocycles. The van der Waals surface area contributed by atoms with Gasteiger partial charge in [0.15, 0.2) is 14.9 Å². The van der Waals surface area contributed by atoms with Crippen molar-refractivity contribution < 1.29 is 8.42 Å². The molecule has 1 aromatic rings. The Balaban J connectivity index is 1.96. The van der Waals surface area contributed by atoms with Crippen LogP contribution in [0.15, 0.2) is 30.3 Å². The van der Waals surface area contributed by atoms with Gasteiger partial charge in [0.25, 0.3) is 0 Å². The third-order valence-corrected chi connectivity index (χ3v) is 5.06. The Morgan fingerprint density at radius 1 is 1.33 bits per heavy atom. The molecule has 0 unspecified atom stereocenters. The summed E-state index contributed by atoms with van der Waals surface area (Å²) in [6, 6.07) is 9.55. The third-order valence-electron chi connectivity index (χ3n) is 2.95. The largest absolute Gasteiger partial charge is 0.356 e. The summed E-state index contributed by atoms with van der Waals surface area (Å²) >= 11 is 5.20. The predicted octanol–water partition coefficient (Wildman–Crippen LogP) is 1.55. The highest BCUT2D eigenvalue weighted by molar-refractivity contribution is 7.91. The number of sulfone groups is 1. The summed E-state index contributed by atoms with van der Waals surface area (Å²) < 4.78 is 23.0. The quantitative estimate of drug-likeness (QED) is 0.807. The maximum Gasteiger partial charge on any atom is 0.171 e. The molecule has 1 saturated heterocycles. The second-order valence-electron chi connectivity index (χ2n) is 4.85. The van der Waals surface area contributed by atoms with E-state index in [4.69, 9.17) is 12.2 Å². The molecule has 0 spiro atoms. The topological polar surface area (TPSA) is 58.2 Å². The molecule has 0 amide bonds. The zero-order valence-electron chi connectivity index (χ0n) is 10.1. The number of para-hydroxylation sites is 1. The lowest BCUT2D eigenvalue weighted by molar-refractivity contribution is 0.474. The number of nitrogens with one attached hydrogen (secondary N) is 2. The first-order valence-electron chi connectivity index (χ1n) is 5.73. The van der Waals surface area contributed by atoms with Gasteiger partial charge in [-0.1, -0.05) is 18.2 Å². The minimum atomic E-state index is -2.92. The molecule has 1 fully saturated rings. The summed E-state index contributed by atoms with van der Waals surface area (Å²) in [6.45, 7) is 1.89. The van der Waals surface area contributed by atoms with E-state index in [9.17, 15) is 8.42 Å². The number of benzene rings is 1. The summed E-state index contributed by atoms with van der Waals surface area (Å²) in [6.07, 6.45) is 0.589. The Bertz CT molecular complexity index is 542. The average Bonchev–Trinajstić information content (AvgIpc) is 2.53. The van der Waals surface area contributed by atoms with Crippen LogP contribution in [0.2, 0.25) is 0 Å². The van der Waals surface area contributed by atoms with Crippen molar-refractivity contribution in [1.29, 1.82) is 0 Å². The third kappa shape index (κ3) is 3.43. The molecule has 1 atom stereocenters. The van der Waals surface area contributed by atoms with Crippen molar-refractivity contribution in [1.82, 2.24) is 5.32 Å². The second-order valence-corrected chi connectivity index (χ2v) is 7.44. The van der Waals surface area contributed by atoms with Crippen LogP contribution in [0.4, 0.5) is 5.69 Å². The highest BCUT2D eigenvalue weighted by atomic mass is 32.2. The summed E-state index contributed by atoms with van der Waals surface area (Å²) in [5.74, 6) is 0.362. The van der Waals surface area contributed by atoms with Gasteiger partial charge in [0.05, 0.1) is 17.0 Å². The van der Waals surface area contributed by atoms with Gasteiger partial charge in [0.2, 0.25) is 0 Å². The highest BCUT2D eigenvalue weighted by Gasteiger charge is 2.38. The van der Waals surface area contributed by atoms with E-state index in [1.165, 1.54) is 0 Å². The Hall–Kier alpha value is -1.14. The van der Waals surface area contributed by atoms with Gasteiger partial charge in [0.1, 0.15) is 0 Å². The van der Waals surface area contributed by atoms with Crippen molar-refractivity contribution in [2.75, 3.05) is 16.8 Å². The molecule has 1 aromatic carbocycles. The van der Waals surface area contributed by atoms with Gasteiger partial charge in [-0.2, -0.15) is 0 Å². The van der Waals surface area contributed by atoms with E-state index in [1.807, 2.05) is 37.3 Å². The minimum absolute atomic E-state index is 0.136. The molecular formula is C12H16N2O2S2. The van der Waals surface area contributed by atoms with Crippen LogP contribution in [0.25, 0.3) is 0 Å². The Morgan fingerprint density at radius 2 is 2.00 bits per heavy atom. The average molecular weight is 284 g/mol.